The van der Waals surface area contributed by atoms with Gasteiger partial charge in [0.25, 0.3) is 5.91 Å². The number of hydrogen-bond donors (Lipinski definition) is 0. The second-order valence-corrected chi connectivity index (χ2v) is 5.20. The molecule has 0 bridgehead atoms. The van der Waals surface area contributed by atoms with E-state index < -0.39 is 0 Å². The van der Waals surface area contributed by atoms with Gasteiger partial charge in [-0.15, -0.1) is 22.9 Å². The Hall–Kier alpha value is -0.540. The molecule has 1 amide bonds. The van der Waals surface area contributed by atoms with Gasteiger partial charge in [0, 0.05) is 18.5 Å². The summed E-state index contributed by atoms with van der Waals surface area (Å²) < 4.78 is 0. The van der Waals surface area contributed by atoms with Crippen molar-refractivity contribution in [1.82, 2.24) is 4.90 Å². The molecule has 0 aliphatic carbocycles. The number of aryl methyl sites for hydroxylation is 1. The van der Waals surface area contributed by atoms with Crippen molar-refractivity contribution in [3.8, 4) is 0 Å². The van der Waals surface area contributed by atoms with E-state index >= 15 is 0 Å². The van der Waals surface area contributed by atoms with Crippen LogP contribution in [0.3, 0.4) is 0 Å². The number of carbonyl (C=O) groups excluding carboxylic acids is 1. The molecule has 0 aliphatic heterocycles. The van der Waals surface area contributed by atoms with Crippen molar-refractivity contribution in [3.05, 3.63) is 21.9 Å². The fourth-order valence-corrected chi connectivity index (χ4v) is 2.75. The Morgan fingerprint density at radius 2 is 2.25 bits per heavy atom. The maximum absolute atomic E-state index is 12.3. The Labute approximate surface area is 106 Å². The molecule has 1 aromatic rings. The van der Waals surface area contributed by atoms with Crippen LogP contribution in [0.25, 0.3) is 0 Å². The smallest absolute Gasteiger partial charge is 0.264 e. The maximum Gasteiger partial charge on any atom is 0.264 e. The molecular weight excluding hydrogens is 242 g/mol. The molecular formula is C12H18ClNOS. The van der Waals surface area contributed by atoms with Crippen LogP contribution in [0.15, 0.2) is 11.4 Å². The highest BCUT2D eigenvalue weighted by atomic mass is 35.5. The van der Waals surface area contributed by atoms with Crippen LogP contribution in [0, 0.1) is 0 Å². The molecule has 0 N–H and O–H groups in total. The molecule has 0 unspecified atom stereocenters. The third kappa shape index (κ3) is 2.98. The molecule has 1 rings (SSSR count). The number of halogens is 1. The number of amides is 1. The van der Waals surface area contributed by atoms with Gasteiger partial charge in [0.2, 0.25) is 0 Å². The van der Waals surface area contributed by atoms with Crippen molar-refractivity contribution in [3.63, 3.8) is 0 Å². The van der Waals surface area contributed by atoms with E-state index in [0.29, 0.717) is 12.4 Å². The van der Waals surface area contributed by atoms with Crippen LogP contribution in [0.4, 0.5) is 0 Å². The summed E-state index contributed by atoms with van der Waals surface area (Å²) >= 11 is 7.25. The molecule has 0 spiro atoms. The van der Waals surface area contributed by atoms with Crippen molar-refractivity contribution in [2.45, 2.75) is 33.2 Å². The predicted octanol–water partition coefficient (Wildman–Crippen LogP) is 3.40. The molecule has 2 nitrogen and oxygen atoms in total. The Kier molecular flexibility index (Phi) is 5.29. The second-order valence-electron chi connectivity index (χ2n) is 3.91. The predicted molar refractivity (Wildman–Crippen MR) is 70.6 cm³/mol. The number of alkyl halides is 1. The number of hydrogen-bond acceptors (Lipinski definition) is 2. The van der Waals surface area contributed by atoms with E-state index in [1.54, 1.807) is 0 Å². The van der Waals surface area contributed by atoms with E-state index in [4.69, 9.17) is 11.6 Å². The van der Waals surface area contributed by atoms with E-state index in [2.05, 4.69) is 6.92 Å². The summed E-state index contributed by atoms with van der Waals surface area (Å²) in [6, 6.07) is 2.22. The monoisotopic (exact) mass is 259 g/mol. The van der Waals surface area contributed by atoms with Crippen LogP contribution in [0.1, 0.15) is 36.0 Å². The molecule has 16 heavy (non-hydrogen) atoms. The van der Waals surface area contributed by atoms with Crippen LogP contribution >= 0.6 is 22.9 Å². The fourth-order valence-electron chi connectivity index (χ4n) is 1.62. The van der Waals surface area contributed by atoms with E-state index in [1.165, 1.54) is 11.3 Å². The lowest BCUT2D eigenvalue weighted by Gasteiger charge is -2.25. The van der Waals surface area contributed by atoms with Gasteiger partial charge in [0.1, 0.15) is 0 Å². The first-order valence-corrected chi connectivity index (χ1v) is 6.96. The molecule has 0 saturated carbocycles. The first-order chi connectivity index (χ1) is 7.61. The zero-order valence-electron chi connectivity index (χ0n) is 10.00. The summed E-state index contributed by atoms with van der Waals surface area (Å²) in [6.07, 6.45) is 0.900. The topological polar surface area (TPSA) is 20.3 Å². The highest BCUT2D eigenvalue weighted by Crippen LogP contribution is 2.20. The zero-order valence-corrected chi connectivity index (χ0v) is 11.6. The Balaban J connectivity index is 2.90. The largest absolute Gasteiger partial charge is 0.334 e. The van der Waals surface area contributed by atoms with Crippen molar-refractivity contribution in [1.29, 1.82) is 0 Å². The molecule has 0 aromatic carbocycles. The van der Waals surface area contributed by atoms with Gasteiger partial charge in [0.15, 0.2) is 0 Å². The molecule has 4 heteroatoms. The Bertz CT molecular complexity index is 349. The molecule has 90 valence electrons. The van der Waals surface area contributed by atoms with Gasteiger partial charge in [-0.05, 0) is 37.3 Å². The van der Waals surface area contributed by atoms with Gasteiger partial charge in [-0.25, -0.2) is 0 Å². The van der Waals surface area contributed by atoms with Gasteiger partial charge in [-0.3, -0.25) is 4.79 Å². The van der Waals surface area contributed by atoms with Crippen LogP contribution < -0.4 is 0 Å². The highest BCUT2D eigenvalue weighted by Gasteiger charge is 2.21. The lowest BCUT2D eigenvalue weighted by atomic mass is 10.2. The SMILES string of the molecule is CCc1ccsc1C(=O)N(CCCl)C(C)C. The minimum atomic E-state index is 0.113. The van der Waals surface area contributed by atoms with E-state index in [-0.39, 0.29) is 11.9 Å². The fraction of sp³-hybridized carbons (Fsp3) is 0.583. The number of rotatable bonds is 5. The second kappa shape index (κ2) is 6.26. The third-order valence-electron chi connectivity index (χ3n) is 2.53. The Morgan fingerprint density at radius 1 is 1.56 bits per heavy atom. The minimum absolute atomic E-state index is 0.113. The number of carbonyl (C=O) groups is 1. The molecule has 0 atom stereocenters. The van der Waals surface area contributed by atoms with Crippen LogP contribution in [-0.2, 0) is 6.42 Å². The van der Waals surface area contributed by atoms with Gasteiger partial charge in [0.05, 0.1) is 4.88 Å². The molecule has 1 aromatic heterocycles. The summed E-state index contributed by atoms with van der Waals surface area (Å²) in [4.78, 5) is 15.0. The van der Waals surface area contributed by atoms with Gasteiger partial charge >= 0.3 is 0 Å². The van der Waals surface area contributed by atoms with Crippen LogP contribution in [0.2, 0.25) is 0 Å². The highest BCUT2D eigenvalue weighted by molar-refractivity contribution is 7.12. The summed E-state index contributed by atoms with van der Waals surface area (Å²) in [7, 11) is 0. The molecule has 0 radical (unpaired) electrons. The first kappa shape index (κ1) is 13.5. The van der Waals surface area contributed by atoms with Gasteiger partial charge < -0.3 is 4.90 Å². The van der Waals surface area contributed by atoms with E-state index in [1.807, 2.05) is 30.2 Å². The van der Waals surface area contributed by atoms with Gasteiger partial charge in [-0.1, -0.05) is 6.92 Å². The molecule has 0 aliphatic rings. The van der Waals surface area contributed by atoms with Crippen LogP contribution in [-0.4, -0.2) is 29.3 Å². The van der Waals surface area contributed by atoms with Crippen molar-refractivity contribution >= 4 is 28.8 Å². The van der Waals surface area contributed by atoms with Gasteiger partial charge in [-0.2, -0.15) is 0 Å². The number of thiophene rings is 1. The summed E-state index contributed by atoms with van der Waals surface area (Å²) in [5, 5.41) is 1.98. The zero-order chi connectivity index (χ0) is 12.1. The maximum atomic E-state index is 12.3. The quantitative estimate of drug-likeness (QED) is 0.743. The average Bonchev–Trinajstić information content (AvgIpc) is 2.72. The normalized spacial score (nSPS) is 10.8. The summed E-state index contributed by atoms with van der Waals surface area (Å²) in [5.74, 6) is 0.596. The molecule has 0 saturated heterocycles. The average molecular weight is 260 g/mol. The lowest BCUT2D eigenvalue weighted by Crippen LogP contribution is -2.38. The van der Waals surface area contributed by atoms with Crippen molar-refractivity contribution in [2.24, 2.45) is 0 Å². The summed E-state index contributed by atoms with van der Waals surface area (Å²) in [5.41, 5.74) is 1.13. The van der Waals surface area contributed by atoms with E-state index in [0.717, 1.165) is 16.9 Å². The van der Waals surface area contributed by atoms with Crippen molar-refractivity contribution in [2.75, 3.05) is 12.4 Å². The Morgan fingerprint density at radius 3 is 2.75 bits per heavy atom. The van der Waals surface area contributed by atoms with Crippen LogP contribution in [0.5, 0.6) is 0 Å². The number of nitrogens with zero attached hydrogens (tertiary/aromatic N) is 1. The molecule has 0 fully saturated rings. The minimum Gasteiger partial charge on any atom is -0.334 e. The third-order valence-corrected chi connectivity index (χ3v) is 3.65. The summed E-state index contributed by atoms with van der Waals surface area (Å²) in [6.45, 7) is 6.71. The first-order valence-electron chi connectivity index (χ1n) is 5.55. The van der Waals surface area contributed by atoms with Crippen molar-refractivity contribution < 1.29 is 4.79 Å². The standard InChI is InChI=1S/C12H18ClNOS/c1-4-10-5-8-16-11(10)12(15)14(7-6-13)9(2)3/h5,8-9H,4,6-7H2,1-3H3. The molecule has 1 heterocycles. The lowest BCUT2D eigenvalue weighted by molar-refractivity contribution is 0.0722. The van der Waals surface area contributed by atoms with E-state index in [9.17, 15) is 4.79 Å².